The lowest BCUT2D eigenvalue weighted by molar-refractivity contribution is 0.0947. The Morgan fingerprint density at radius 3 is 2.63 bits per heavy atom. The highest BCUT2D eigenvalue weighted by atomic mass is 16.3. The Hall–Kier alpha value is -2.69. The Bertz CT molecular complexity index is 611. The number of amides is 1. The molecule has 0 saturated heterocycles. The van der Waals surface area contributed by atoms with E-state index in [1.54, 1.807) is 18.2 Å². The number of hydrogen-bond acceptors (Lipinski definition) is 4. The zero-order valence-electron chi connectivity index (χ0n) is 10.1. The van der Waals surface area contributed by atoms with E-state index in [1.165, 1.54) is 18.2 Å². The van der Waals surface area contributed by atoms with E-state index >= 15 is 0 Å². The third-order valence-corrected chi connectivity index (χ3v) is 2.66. The lowest BCUT2D eigenvalue weighted by Crippen LogP contribution is -2.22. The van der Waals surface area contributed by atoms with Crippen LogP contribution in [0.5, 0.6) is 11.5 Å². The summed E-state index contributed by atoms with van der Waals surface area (Å²) in [5.41, 5.74) is 7.14. The molecule has 5 nitrogen and oxygen atoms in total. The van der Waals surface area contributed by atoms with Crippen LogP contribution >= 0.6 is 0 Å². The number of phenolic OH excluding ortho intramolecular Hbond substituents is 2. The SMILES string of the molecule is Nc1cccc(CNC(=O)c2cccc(O)c2O)c1. The minimum atomic E-state index is -0.462. The van der Waals surface area contributed by atoms with Crippen molar-refractivity contribution in [1.29, 1.82) is 0 Å². The van der Waals surface area contributed by atoms with Crippen LogP contribution in [0.1, 0.15) is 15.9 Å². The number of hydrogen-bond donors (Lipinski definition) is 4. The zero-order chi connectivity index (χ0) is 13.8. The van der Waals surface area contributed by atoms with Crippen molar-refractivity contribution in [3.05, 3.63) is 53.6 Å². The summed E-state index contributed by atoms with van der Waals surface area (Å²) in [5.74, 6) is -1.21. The molecule has 0 spiro atoms. The van der Waals surface area contributed by atoms with Gasteiger partial charge in [0.2, 0.25) is 0 Å². The van der Waals surface area contributed by atoms with Crippen molar-refractivity contribution in [2.24, 2.45) is 0 Å². The molecule has 0 radical (unpaired) electrons. The van der Waals surface area contributed by atoms with Gasteiger partial charge in [-0.1, -0.05) is 18.2 Å². The number of phenols is 2. The van der Waals surface area contributed by atoms with Gasteiger partial charge in [0.05, 0.1) is 5.56 Å². The molecule has 1 amide bonds. The molecule has 0 fully saturated rings. The molecule has 0 bridgehead atoms. The maximum atomic E-state index is 11.9. The first kappa shape index (κ1) is 12.8. The first-order chi connectivity index (χ1) is 9.08. The van der Waals surface area contributed by atoms with Crippen molar-refractivity contribution < 1.29 is 15.0 Å². The number of carbonyl (C=O) groups excluding carboxylic acids is 1. The summed E-state index contributed by atoms with van der Waals surface area (Å²) in [5, 5.41) is 21.5. The number of anilines is 1. The highest BCUT2D eigenvalue weighted by Gasteiger charge is 2.13. The third kappa shape index (κ3) is 2.95. The third-order valence-electron chi connectivity index (χ3n) is 2.66. The van der Waals surface area contributed by atoms with Crippen LogP contribution in [0, 0.1) is 0 Å². The normalized spacial score (nSPS) is 10.1. The molecule has 19 heavy (non-hydrogen) atoms. The van der Waals surface area contributed by atoms with E-state index in [9.17, 15) is 15.0 Å². The fraction of sp³-hybridized carbons (Fsp3) is 0.0714. The summed E-state index contributed by atoms with van der Waals surface area (Å²) in [6, 6.07) is 11.4. The topological polar surface area (TPSA) is 95.6 Å². The average molecular weight is 258 g/mol. The maximum absolute atomic E-state index is 11.9. The van der Waals surface area contributed by atoms with Crippen LogP contribution in [-0.2, 0) is 6.54 Å². The van der Waals surface area contributed by atoms with Gasteiger partial charge in [0, 0.05) is 12.2 Å². The molecule has 0 saturated carbocycles. The van der Waals surface area contributed by atoms with E-state index < -0.39 is 11.7 Å². The zero-order valence-corrected chi connectivity index (χ0v) is 10.1. The van der Waals surface area contributed by atoms with Gasteiger partial charge in [-0.3, -0.25) is 4.79 Å². The smallest absolute Gasteiger partial charge is 0.255 e. The molecule has 0 atom stereocenters. The van der Waals surface area contributed by atoms with Gasteiger partial charge < -0.3 is 21.3 Å². The second-order valence-electron chi connectivity index (χ2n) is 4.10. The van der Waals surface area contributed by atoms with Crippen molar-refractivity contribution in [2.75, 3.05) is 5.73 Å². The van der Waals surface area contributed by atoms with Gasteiger partial charge in [-0.25, -0.2) is 0 Å². The minimum absolute atomic E-state index is 0.0314. The molecule has 2 aromatic carbocycles. The van der Waals surface area contributed by atoms with Crippen LogP contribution in [0.4, 0.5) is 5.69 Å². The number of carbonyl (C=O) groups is 1. The predicted octanol–water partition coefficient (Wildman–Crippen LogP) is 1.61. The van der Waals surface area contributed by atoms with Crippen LogP contribution < -0.4 is 11.1 Å². The Balaban J connectivity index is 2.08. The summed E-state index contributed by atoms with van der Waals surface area (Å²) in [4.78, 5) is 11.9. The monoisotopic (exact) mass is 258 g/mol. The molecule has 0 aromatic heterocycles. The van der Waals surface area contributed by atoms with Crippen molar-refractivity contribution in [3.63, 3.8) is 0 Å². The maximum Gasteiger partial charge on any atom is 0.255 e. The van der Waals surface area contributed by atoms with Gasteiger partial charge in [-0.2, -0.15) is 0 Å². The van der Waals surface area contributed by atoms with Gasteiger partial charge in [0.15, 0.2) is 11.5 Å². The van der Waals surface area contributed by atoms with E-state index in [-0.39, 0.29) is 11.3 Å². The molecule has 0 unspecified atom stereocenters. The van der Waals surface area contributed by atoms with Crippen molar-refractivity contribution in [2.45, 2.75) is 6.54 Å². The molecular formula is C14H14N2O3. The molecule has 2 aromatic rings. The number of benzene rings is 2. The Morgan fingerprint density at radius 2 is 1.89 bits per heavy atom. The molecule has 0 heterocycles. The van der Waals surface area contributed by atoms with Crippen molar-refractivity contribution >= 4 is 11.6 Å². The molecule has 2 rings (SSSR count). The second kappa shape index (κ2) is 5.30. The Morgan fingerprint density at radius 1 is 1.16 bits per heavy atom. The molecule has 0 aliphatic heterocycles. The van der Waals surface area contributed by atoms with Gasteiger partial charge in [0.25, 0.3) is 5.91 Å². The highest BCUT2D eigenvalue weighted by Crippen LogP contribution is 2.27. The summed E-state index contributed by atoms with van der Waals surface area (Å²) in [6.45, 7) is 0.291. The second-order valence-corrected chi connectivity index (χ2v) is 4.10. The van der Waals surface area contributed by atoms with Gasteiger partial charge in [-0.05, 0) is 29.8 Å². The number of nitrogens with one attached hydrogen (secondary N) is 1. The summed E-state index contributed by atoms with van der Waals surface area (Å²) in [6.07, 6.45) is 0. The van der Waals surface area contributed by atoms with Gasteiger partial charge in [0.1, 0.15) is 0 Å². The predicted molar refractivity (Wildman–Crippen MR) is 71.8 cm³/mol. The molecule has 0 aliphatic carbocycles. The number of nitrogen functional groups attached to an aromatic ring is 1. The Labute approximate surface area is 110 Å². The number of aromatic hydroxyl groups is 2. The van der Waals surface area contributed by atoms with E-state index in [2.05, 4.69) is 5.32 Å². The summed E-state index contributed by atoms with van der Waals surface area (Å²) < 4.78 is 0. The lowest BCUT2D eigenvalue weighted by atomic mass is 10.1. The van der Waals surface area contributed by atoms with E-state index in [1.807, 2.05) is 6.07 Å². The first-order valence-electron chi connectivity index (χ1n) is 5.71. The number of nitrogens with two attached hydrogens (primary N) is 1. The molecule has 5 N–H and O–H groups in total. The minimum Gasteiger partial charge on any atom is -0.504 e. The van der Waals surface area contributed by atoms with Gasteiger partial charge >= 0.3 is 0 Å². The summed E-state index contributed by atoms with van der Waals surface area (Å²) in [7, 11) is 0. The van der Waals surface area contributed by atoms with Crippen LogP contribution in [-0.4, -0.2) is 16.1 Å². The number of rotatable bonds is 3. The fourth-order valence-electron chi connectivity index (χ4n) is 1.70. The van der Waals surface area contributed by atoms with E-state index in [0.717, 1.165) is 5.56 Å². The van der Waals surface area contributed by atoms with E-state index in [0.29, 0.717) is 12.2 Å². The highest BCUT2D eigenvalue weighted by molar-refractivity contribution is 5.97. The van der Waals surface area contributed by atoms with Gasteiger partial charge in [-0.15, -0.1) is 0 Å². The summed E-state index contributed by atoms with van der Waals surface area (Å²) >= 11 is 0. The number of para-hydroxylation sites is 1. The standard InChI is InChI=1S/C14H14N2O3/c15-10-4-1-3-9(7-10)8-16-14(19)11-5-2-6-12(17)13(11)18/h1-7,17-18H,8,15H2,(H,16,19). The lowest BCUT2D eigenvalue weighted by Gasteiger charge is -2.08. The average Bonchev–Trinajstić information content (AvgIpc) is 2.39. The Kier molecular flexibility index (Phi) is 3.56. The molecule has 98 valence electrons. The van der Waals surface area contributed by atoms with Crippen molar-refractivity contribution in [1.82, 2.24) is 5.32 Å². The molecule has 0 aliphatic rings. The van der Waals surface area contributed by atoms with Crippen LogP contribution in [0.3, 0.4) is 0 Å². The van der Waals surface area contributed by atoms with Crippen LogP contribution in [0.15, 0.2) is 42.5 Å². The van der Waals surface area contributed by atoms with Crippen LogP contribution in [0.25, 0.3) is 0 Å². The fourth-order valence-corrected chi connectivity index (χ4v) is 1.70. The molecule has 5 heteroatoms. The quantitative estimate of drug-likeness (QED) is 0.497. The first-order valence-corrected chi connectivity index (χ1v) is 5.71. The molecular weight excluding hydrogens is 244 g/mol. The van der Waals surface area contributed by atoms with E-state index in [4.69, 9.17) is 5.73 Å². The van der Waals surface area contributed by atoms with Crippen LogP contribution in [0.2, 0.25) is 0 Å². The van der Waals surface area contributed by atoms with Crippen molar-refractivity contribution in [3.8, 4) is 11.5 Å². The largest absolute Gasteiger partial charge is 0.504 e.